The molecule has 0 aliphatic rings. The van der Waals surface area contributed by atoms with Crippen molar-refractivity contribution < 1.29 is 9.59 Å². The van der Waals surface area contributed by atoms with E-state index in [9.17, 15) is 9.59 Å². The predicted octanol–water partition coefficient (Wildman–Crippen LogP) is 6.07. The molecule has 4 nitrogen and oxygen atoms in total. The van der Waals surface area contributed by atoms with Crippen LogP contribution >= 0.6 is 11.8 Å². The molecule has 0 bridgehead atoms. The Balaban J connectivity index is 1.52. The number of aryl methyl sites for hydroxylation is 2. The summed E-state index contributed by atoms with van der Waals surface area (Å²) in [6.45, 7) is 5.96. The molecule has 0 aliphatic carbocycles. The van der Waals surface area contributed by atoms with Gasteiger partial charge in [0.25, 0.3) is 0 Å². The largest absolute Gasteiger partial charge is 0.325 e. The van der Waals surface area contributed by atoms with Crippen molar-refractivity contribution in [1.82, 2.24) is 0 Å². The van der Waals surface area contributed by atoms with E-state index in [1.807, 2.05) is 93.6 Å². The molecule has 1 unspecified atom stereocenters. The minimum atomic E-state index is -0.254. The fraction of sp³-hybridized carbons (Fsp3) is 0.154. The Kier molecular flexibility index (Phi) is 7.68. The maximum absolute atomic E-state index is 12.5. The molecule has 2 amide bonds. The molecule has 5 heteroatoms. The van der Waals surface area contributed by atoms with Crippen LogP contribution < -0.4 is 10.6 Å². The van der Waals surface area contributed by atoms with Gasteiger partial charge in [0.2, 0.25) is 11.8 Å². The van der Waals surface area contributed by atoms with Gasteiger partial charge >= 0.3 is 0 Å². The SMILES string of the molecule is Cc1ccc(NC(=O)C(C)Sc2ccc(NC(=O)/C=C/c3ccccc3)cc2)cc1C. The van der Waals surface area contributed by atoms with Crippen LogP contribution in [0.25, 0.3) is 6.08 Å². The van der Waals surface area contributed by atoms with E-state index in [0.717, 1.165) is 21.7 Å². The van der Waals surface area contributed by atoms with Crippen LogP contribution in [-0.4, -0.2) is 17.1 Å². The molecule has 0 saturated carbocycles. The second-order valence-electron chi connectivity index (χ2n) is 7.31. The summed E-state index contributed by atoms with van der Waals surface area (Å²) in [4.78, 5) is 25.6. The fourth-order valence-corrected chi connectivity index (χ4v) is 3.72. The van der Waals surface area contributed by atoms with Gasteiger partial charge in [-0.3, -0.25) is 9.59 Å². The first-order chi connectivity index (χ1) is 14.9. The van der Waals surface area contributed by atoms with E-state index in [4.69, 9.17) is 0 Å². The molecule has 1 atom stereocenters. The van der Waals surface area contributed by atoms with Gasteiger partial charge in [0.15, 0.2) is 0 Å². The minimum Gasteiger partial charge on any atom is -0.325 e. The van der Waals surface area contributed by atoms with E-state index in [-0.39, 0.29) is 17.1 Å². The molecule has 3 rings (SSSR count). The van der Waals surface area contributed by atoms with E-state index in [2.05, 4.69) is 10.6 Å². The molecule has 0 fully saturated rings. The number of hydrogen-bond donors (Lipinski definition) is 2. The van der Waals surface area contributed by atoms with Crippen LogP contribution in [0, 0.1) is 13.8 Å². The standard InChI is InChI=1S/C26H26N2O2S/c1-18-9-11-23(17-19(18)2)28-26(30)20(3)31-24-14-12-22(13-15-24)27-25(29)16-10-21-7-5-4-6-8-21/h4-17,20H,1-3H3,(H,27,29)(H,28,30)/b16-10+. The number of anilines is 2. The summed E-state index contributed by atoms with van der Waals surface area (Å²) in [5.41, 5.74) is 4.83. The molecule has 0 aromatic heterocycles. The third kappa shape index (κ3) is 6.86. The Morgan fingerprint density at radius 1 is 0.839 bits per heavy atom. The molecule has 31 heavy (non-hydrogen) atoms. The Hall–Kier alpha value is -3.31. The summed E-state index contributed by atoms with van der Waals surface area (Å²) in [6.07, 6.45) is 3.28. The number of rotatable bonds is 7. The van der Waals surface area contributed by atoms with E-state index >= 15 is 0 Å². The second kappa shape index (κ2) is 10.6. The lowest BCUT2D eigenvalue weighted by molar-refractivity contribution is -0.115. The fourth-order valence-electron chi connectivity index (χ4n) is 2.86. The first-order valence-electron chi connectivity index (χ1n) is 10.1. The molecule has 158 valence electrons. The van der Waals surface area contributed by atoms with Gasteiger partial charge in [0, 0.05) is 22.3 Å². The lowest BCUT2D eigenvalue weighted by Crippen LogP contribution is -2.22. The number of amides is 2. The third-order valence-corrected chi connectivity index (χ3v) is 5.92. The monoisotopic (exact) mass is 430 g/mol. The van der Waals surface area contributed by atoms with Gasteiger partial charge in [-0.15, -0.1) is 11.8 Å². The maximum Gasteiger partial charge on any atom is 0.248 e. The van der Waals surface area contributed by atoms with E-state index in [0.29, 0.717) is 5.69 Å². The van der Waals surface area contributed by atoms with Gasteiger partial charge in [-0.25, -0.2) is 0 Å². The maximum atomic E-state index is 12.5. The zero-order valence-electron chi connectivity index (χ0n) is 17.9. The summed E-state index contributed by atoms with van der Waals surface area (Å²) >= 11 is 1.47. The van der Waals surface area contributed by atoms with Crippen molar-refractivity contribution in [1.29, 1.82) is 0 Å². The summed E-state index contributed by atoms with van der Waals surface area (Å²) in [5.74, 6) is -0.234. The van der Waals surface area contributed by atoms with Crippen molar-refractivity contribution in [3.05, 3.63) is 95.6 Å². The van der Waals surface area contributed by atoms with Crippen molar-refractivity contribution in [2.75, 3.05) is 10.6 Å². The molecular formula is C26H26N2O2S. The molecule has 0 saturated heterocycles. The Morgan fingerprint density at radius 2 is 1.52 bits per heavy atom. The Bertz CT molecular complexity index is 1080. The summed E-state index contributed by atoms with van der Waals surface area (Å²) in [6, 6.07) is 23.1. The van der Waals surface area contributed by atoms with Crippen molar-refractivity contribution in [3.63, 3.8) is 0 Å². The third-order valence-electron chi connectivity index (χ3n) is 4.81. The summed E-state index contributed by atoms with van der Waals surface area (Å²) < 4.78 is 0. The molecule has 3 aromatic rings. The Morgan fingerprint density at radius 3 is 2.19 bits per heavy atom. The quantitative estimate of drug-likeness (QED) is 0.353. The van der Waals surface area contributed by atoms with Gasteiger partial charge in [0.1, 0.15) is 0 Å². The number of thioether (sulfide) groups is 1. The lowest BCUT2D eigenvalue weighted by Gasteiger charge is -2.13. The highest BCUT2D eigenvalue weighted by atomic mass is 32.2. The van der Waals surface area contributed by atoms with Gasteiger partial charge in [-0.1, -0.05) is 36.4 Å². The van der Waals surface area contributed by atoms with Crippen LogP contribution in [0.5, 0.6) is 0 Å². The first-order valence-corrected chi connectivity index (χ1v) is 11.0. The van der Waals surface area contributed by atoms with Crippen LogP contribution in [0.2, 0.25) is 0 Å². The molecule has 0 aliphatic heterocycles. The second-order valence-corrected chi connectivity index (χ2v) is 8.72. The van der Waals surface area contributed by atoms with Crippen molar-refractivity contribution >= 4 is 41.0 Å². The topological polar surface area (TPSA) is 58.2 Å². The van der Waals surface area contributed by atoms with Crippen molar-refractivity contribution in [3.8, 4) is 0 Å². The molecule has 2 N–H and O–H groups in total. The summed E-state index contributed by atoms with van der Waals surface area (Å²) in [7, 11) is 0. The minimum absolute atomic E-state index is 0.0447. The highest BCUT2D eigenvalue weighted by Crippen LogP contribution is 2.26. The van der Waals surface area contributed by atoms with Crippen LogP contribution in [0.3, 0.4) is 0 Å². The van der Waals surface area contributed by atoms with E-state index in [1.165, 1.54) is 23.4 Å². The zero-order chi connectivity index (χ0) is 22.2. The highest BCUT2D eigenvalue weighted by Gasteiger charge is 2.15. The lowest BCUT2D eigenvalue weighted by atomic mass is 10.1. The van der Waals surface area contributed by atoms with Crippen molar-refractivity contribution in [2.24, 2.45) is 0 Å². The molecular weight excluding hydrogens is 404 g/mol. The van der Waals surface area contributed by atoms with Gasteiger partial charge in [-0.2, -0.15) is 0 Å². The molecule has 0 heterocycles. The molecule has 0 radical (unpaired) electrons. The van der Waals surface area contributed by atoms with Crippen LogP contribution in [0.1, 0.15) is 23.6 Å². The first kappa shape index (κ1) is 22.4. The van der Waals surface area contributed by atoms with Crippen LogP contribution in [0.15, 0.2) is 83.8 Å². The number of hydrogen-bond acceptors (Lipinski definition) is 3. The predicted molar refractivity (Wildman–Crippen MR) is 130 cm³/mol. The Labute approximate surface area is 187 Å². The van der Waals surface area contributed by atoms with E-state index in [1.54, 1.807) is 6.08 Å². The summed E-state index contributed by atoms with van der Waals surface area (Å²) in [5, 5.41) is 5.56. The number of benzene rings is 3. The smallest absolute Gasteiger partial charge is 0.248 e. The van der Waals surface area contributed by atoms with E-state index < -0.39 is 0 Å². The van der Waals surface area contributed by atoms with Crippen molar-refractivity contribution in [2.45, 2.75) is 30.9 Å². The van der Waals surface area contributed by atoms with Gasteiger partial charge < -0.3 is 10.6 Å². The average molecular weight is 431 g/mol. The molecule has 0 spiro atoms. The number of carbonyl (C=O) groups excluding carboxylic acids is 2. The average Bonchev–Trinajstić information content (AvgIpc) is 2.77. The normalized spacial score (nSPS) is 11.8. The number of carbonyl (C=O) groups is 2. The highest BCUT2D eigenvalue weighted by molar-refractivity contribution is 8.00. The zero-order valence-corrected chi connectivity index (χ0v) is 18.7. The van der Waals surface area contributed by atoms with Crippen LogP contribution in [0.4, 0.5) is 11.4 Å². The molecule has 3 aromatic carbocycles. The number of nitrogens with one attached hydrogen (secondary N) is 2. The van der Waals surface area contributed by atoms with Gasteiger partial charge in [0.05, 0.1) is 5.25 Å². The van der Waals surface area contributed by atoms with Crippen LogP contribution in [-0.2, 0) is 9.59 Å². The van der Waals surface area contributed by atoms with Gasteiger partial charge in [-0.05, 0) is 79.9 Å².